The minimum atomic E-state index is -3.95. The quantitative estimate of drug-likeness (QED) is 0.141. The van der Waals surface area contributed by atoms with E-state index in [-0.39, 0.29) is 6.03 Å². The maximum atomic E-state index is 12.6. The summed E-state index contributed by atoms with van der Waals surface area (Å²) in [7, 11) is 5.36. The van der Waals surface area contributed by atoms with Crippen molar-refractivity contribution in [1.29, 1.82) is 0 Å². The molecule has 0 aromatic heterocycles. The van der Waals surface area contributed by atoms with Crippen molar-refractivity contribution in [3.63, 3.8) is 0 Å². The second kappa shape index (κ2) is 18.4. The van der Waals surface area contributed by atoms with Gasteiger partial charge in [-0.2, -0.15) is 0 Å². The highest BCUT2D eigenvalue weighted by atomic mass is 16.5. The van der Waals surface area contributed by atoms with Gasteiger partial charge in [0.2, 0.25) is 11.6 Å². The highest BCUT2D eigenvalue weighted by Crippen LogP contribution is 2.32. The van der Waals surface area contributed by atoms with E-state index in [9.17, 15) is 44.4 Å². The van der Waals surface area contributed by atoms with Crippen molar-refractivity contribution in [2.45, 2.75) is 50.4 Å². The summed E-state index contributed by atoms with van der Waals surface area (Å²) >= 11 is 0. The maximum Gasteiger partial charge on any atom is 0.348 e. The number of rotatable bonds is 14. The van der Waals surface area contributed by atoms with Crippen LogP contribution in [0.2, 0.25) is 0 Å². The first-order valence-electron chi connectivity index (χ1n) is 17.1. The highest BCUT2D eigenvalue weighted by Gasteiger charge is 2.69. The van der Waals surface area contributed by atoms with Crippen LogP contribution >= 0.6 is 0 Å². The highest BCUT2D eigenvalue weighted by molar-refractivity contribution is 6.28. The number of ether oxygens (including phenoxy) is 1. The number of likely N-dealkylation sites (N-methyl/N-ethyl adjacent to an activating group) is 1. The summed E-state index contributed by atoms with van der Waals surface area (Å²) in [5.41, 5.74) is -7.33. The number of carbonyl (C=O) groups is 5. The predicted molar refractivity (Wildman–Crippen MR) is 194 cm³/mol. The minimum absolute atomic E-state index is 0.142. The molecule has 4 N–H and O–H groups in total. The minimum Gasteiger partial charge on any atom is -0.497 e. The standard InChI is InChI=1S/C21H35N3O2.C18H14O8/c1-6-23(17(2)15-18-7-9-20(26-5)10-8-18)16-19-11-13-24(14-12-19)21(25)22(3)4;19-13(11-7-3-1-4-8-11)17(25,15(21)22)18(26,16(23)24)14(20)12-9-5-2-6-10-12/h7-10,17,19H,6,11-16H2,1-5H3;1-10,25-26H,(H,21,22)(H,23,24). The first-order chi connectivity index (χ1) is 24.6. The summed E-state index contributed by atoms with van der Waals surface area (Å²) in [4.78, 5) is 66.8. The maximum absolute atomic E-state index is 12.6. The number of benzene rings is 3. The van der Waals surface area contributed by atoms with Gasteiger partial charge in [-0.25, -0.2) is 14.4 Å². The van der Waals surface area contributed by atoms with Crippen LogP contribution in [0.4, 0.5) is 4.79 Å². The lowest BCUT2D eigenvalue weighted by atomic mass is 9.73. The fraction of sp³-hybridized carbons (Fsp3) is 0.410. The predicted octanol–water partition coefficient (Wildman–Crippen LogP) is 3.73. The molecule has 1 fully saturated rings. The SMILES string of the molecule is CCN(CC1CCN(C(=O)N(C)C)CC1)C(C)Cc1ccc(OC)cc1.O=C(O)C(O)(C(=O)c1ccccc1)C(O)(C(=O)O)C(=O)c1ccccc1. The molecule has 280 valence electrons. The van der Waals surface area contributed by atoms with Gasteiger partial charge in [-0.05, 0) is 56.3 Å². The number of amides is 2. The molecule has 52 heavy (non-hydrogen) atoms. The Morgan fingerprint density at radius 2 is 1.23 bits per heavy atom. The van der Waals surface area contributed by atoms with Crippen LogP contribution in [0.25, 0.3) is 0 Å². The lowest BCUT2D eigenvalue weighted by Crippen LogP contribution is -2.71. The van der Waals surface area contributed by atoms with Crippen LogP contribution in [0.15, 0.2) is 84.9 Å². The van der Waals surface area contributed by atoms with Crippen molar-refractivity contribution in [3.05, 3.63) is 102 Å². The van der Waals surface area contributed by atoms with Gasteiger partial charge in [0.1, 0.15) is 5.75 Å². The first-order valence-corrected chi connectivity index (χ1v) is 17.1. The van der Waals surface area contributed by atoms with Crippen molar-refractivity contribution >= 4 is 29.5 Å². The summed E-state index contributed by atoms with van der Waals surface area (Å²) in [6, 6.07) is 21.9. The lowest BCUT2D eigenvalue weighted by molar-refractivity contribution is -0.187. The van der Waals surface area contributed by atoms with Crippen molar-refractivity contribution in [3.8, 4) is 5.75 Å². The Kier molecular flexibility index (Phi) is 14.6. The molecule has 0 saturated carbocycles. The molecule has 13 nitrogen and oxygen atoms in total. The van der Waals surface area contributed by atoms with E-state index >= 15 is 0 Å². The van der Waals surface area contributed by atoms with Gasteiger partial charge in [0.15, 0.2) is 0 Å². The summed E-state index contributed by atoms with van der Waals surface area (Å²) in [5, 5.41) is 39.9. The second-order valence-electron chi connectivity index (χ2n) is 13.0. The molecule has 3 aromatic rings. The number of aliphatic carboxylic acids is 2. The Balaban J connectivity index is 0.000000280. The Bertz CT molecular complexity index is 1590. The first kappa shape index (κ1) is 41.3. The topological polar surface area (TPSA) is 185 Å². The van der Waals surface area contributed by atoms with E-state index in [2.05, 4.69) is 30.9 Å². The van der Waals surface area contributed by atoms with Crippen LogP contribution < -0.4 is 4.74 Å². The molecule has 3 aromatic carbocycles. The van der Waals surface area contributed by atoms with E-state index in [0.29, 0.717) is 12.0 Å². The molecule has 2 amide bonds. The number of carboxylic acids is 2. The number of urea groups is 1. The van der Waals surface area contributed by atoms with E-state index in [0.717, 1.165) is 75.5 Å². The molecule has 1 aliphatic heterocycles. The van der Waals surface area contributed by atoms with Crippen molar-refractivity contribution < 1.29 is 49.1 Å². The average molecular weight is 720 g/mol. The smallest absolute Gasteiger partial charge is 0.348 e. The van der Waals surface area contributed by atoms with E-state index < -0.39 is 45.8 Å². The number of ketones is 2. The summed E-state index contributed by atoms with van der Waals surface area (Å²) in [6.07, 6.45) is 3.26. The van der Waals surface area contributed by atoms with Crippen molar-refractivity contribution in [1.82, 2.24) is 14.7 Å². The summed E-state index contributed by atoms with van der Waals surface area (Å²) in [6.45, 7) is 8.51. The lowest BCUT2D eigenvalue weighted by Gasteiger charge is -2.37. The third kappa shape index (κ3) is 9.40. The van der Waals surface area contributed by atoms with Crippen LogP contribution in [0.1, 0.15) is 53.0 Å². The van der Waals surface area contributed by atoms with E-state index in [4.69, 9.17) is 4.74 Å². The van der Waals surface area contributed by atoms with Gasteiger partial charge in [-0.3, -0.25) is 9.59 Å². The van der Waals surface area contributed by atoms with E-state index in [1.807, 2.05) is 31.1 Å². The summed E-state index contributed by atoms with van der Waals surface area (Å²) < 4.78 is 5.24. The molecule has 3 atom stereocenters. The molecule has 13 heteroatoms. The molecular formula is C39H49N3O10. The number of carbonyl (C=O) groups excluding carboxylic acids is 3. The zero-order chi connectivity index (χ0) is 38.6. The number of hydrogen-bond donors (Lipinski definition) is 4. The van der Waals surface area contributed by atoms with Gasteiger partial charge >= 0.3 is 18.0 Å². The number of hydrogen-bond acceptors (Lipinski definition) is 9. The van der Waals surface area contributed by atoms with E-state index in [1.54, 1.807) is 12.0 Å². The van der Waals surface area contributed by atoms with Crippen molar-refractivity contribution in [2.75, 3.05) is 47.4 Å². The molecule has 0 radical (unpaired) electrons. The van der Waals surface area contributed by atoms with Crippen LogP contribution in [0.5, 0.6) is 5.75 Å². The molecule has 4 rings (SSSR count). The molecule has 1 saturated heterocycles. The number of methoxy groups -OCH3 is 1. The van der Waals surface area contributed by atoms with Crippen LogP contribution in [0, 0.1) is 5.92 Å². The van der Waals surface area contributed by atoms with Gasteiger partial charge in [-0.15, -0.1) is 0 Å². The second-order valence-corrected chi connectivity index (χ2v) is 13.0. The van der Waals surface area contributed by atoms with Crippen LogP contribution in [-0.4, -0.2) is 129 Å². The molecule has 1 heterocycles. The third-order valence-electron chi connectivity index (χ3n) is 9.35. The monoisotopic (exact) mass is 719 g/mol. The van der Waals surface area contributed by atoms with Crippen LogP contribution in [0.3, 0.4) is 0 Å². The van der Waals surface area contributed by atoms with Crippen LogP contribution in [-0.2, 0) is 16.0 Å². The Morgan fingerprint density at radius 1 is 0.788 bits per heavy atom. The Labute approximate surface area is 304 Å². The Morgan fingerprint density at radius 3 is 1.60 bits per heavy atom. The largest absolute Gasteiger partial charge is 0.497 e. The third-order valence-corrected chi connectivity index (χ3v) is 9.35. The zero-order valence-corrected chi connectivity index (χ0v) is 30.3. The number of Topliss-reactive ketones (excluding diaryl/α,β-unsaturated/α-hetero) is 2. The van der Waals surface area contributed by atoms with Gasteiger partial charge in [0.25, 0.3) is 11.2 Å². The molecule has 3 unspecified atom stereocenters. The van der Waals surface area contributed by atoms with Gasteiger partial charge < -0.3 is 39.9 Å². The molecular weight excluding hydrogens is 670 g/mol. The van der Waals surface area contributed by atoms with Gasteiger partial charge in [0, 0.05) is 50.9 Å². The number of nitrogens with zero attached hydrogens (tertiary/aromatic N) is 3. The fourth-order valence-corrected chi connectivity index (χ4v) is 6.20. The van der Waals surface area contributed by atoms with Crippen molar-refractivity contribution in [2.24, 2.45) is 5.92 Å². The fourth-order valence-electron chi connectivity index (χ4n) is 6.20. The number of carboxylic acid groups (broad SMARTS) is 2. The van der Waals surface area contributed by atoms with Gasteiger partial charge in [-0.1, -0.05) is 79.7 Å². The molecule has 0 spiro atoms. The normalized spacial score (nSPS) is 16.0. The number of piperidine rings is 1. The zero-order valence-electron chi connectivity index (χ0n) is 30.3. The molecule has 1 aliphatic rings. The molecule has 0 bridgehead atoms. The summed E-state index contributed by atoms with van der Waals surface area (Å²) in [5.74, 6) is -6.44. The van der Waals surface area contributed by atoms with E-state index in [1.165, 1.54) is 42.0 Å². The van der Waals surface area contributed by atoms with Gasteiger partial charge in [0.05, 0.1) is 7.11 Å². The number of aliphatic hydroxyl groups is 2. The Hall–Kier alpha value is -5.11. The molecule has 0 aliphatic carbocycles. The average Bonchev–Trinajstić information content (AvgIpc) is 3.16. The number of likely N-dealkylation sites (tertiary alicyclic amines) is 1.